The van der Waals surface area contributed by atoms with Crippen LogP contribution < -0.4 is 10.1 Å². The molecule has 0 atom stereocenters. The Hall–Kier alpha value is -1.75. The Morgan fingerprint density at radius 1 is 1.44 bits per heavy atom. The molecular formula is C13H19NO4. The van der Waals surface area contributed by atoms with Crippen molar-refractivity contribution in [3.63, 3.8) is 0 Å². The number of aryl methyl sites for hydroxylation is 1. The van der Waals surface area contributed by atoms with Crippen molar-refractivity contribution in [2.45, 2.75) is 12.8 Å². The maximum Gasteiger partial charge on any atom is 0.341 e. The first-order valence-electron chi connectivity index (χ1n) is 5.81. The van der Waals surface area contributed by atoms with E-state index in [1.165, 1.54) is 0 Å². The summed E-state index contributed by atoms with van der Waals surface area (Å²) in [5.41, 5.74) is 1.96. The SMILES string of the molecule is CNc1ccc(OCC(=O)O)c(CCCOC)c1. The zero-order valence-corrected chi connectivity index (χ0v) is 10.7. The lowest BCUT2D eigenvalue weighted by Crippen LogP contribution is -2.11. The molecule has 0 aliphatic carbocycles. The molecule has 1 aromatic rings. The van der Waals surface area contributed by atoms with Gasteiger partial charge in [-0.2, -0.15) is 0 Å². The van der Waals surface area contributed by atoms with Gasteiger partial charge in [-0.25, -0.2) is 4.79 Å². The molecule has 0 aliphatic heterocycles. The van der Waals surface area contributed by atoms with Crippen LogP contribution in [0.25, 0.3) is 0 Å². The average Bonchev–Trinajstić information content (AvgIpc) is 2.37. The number of rotatable bonds is 8. The number of benzene rings is 1. The van der Waals surface area contributed by atoms with E-state index in [0.717, 1.165) is 24.1 Å². The monoisotopic (exact) mass is 253 g/mol. The lowest BCUT2D eigenvalue weighted by atomic mass is 10.1. The van der Waals surface area contributed by atoms with Gasteiger partial charge in [-0.1, -0.05) is 0 Å². The van der Waals surface area contributed by atoms with Crippen LogP contribution in [0.5, 0.6) is 5.75 Å². The van der Waals surface area contributed by atoms with Crippen LogP contribution in [0.4, 0.5) is 5.69 Å². The fourth-order valence-electron chi connectivity index (χ4n) is 1.62. The van der Waals surface area contributed by atoms with Gasteiger partial charge in [0.05, 0.1) is 0 Å². The highest BCUT2D eigenvalue weighted by Crippen LogP contribution is 2.24. The quantitative estimate of drug-likeness (QED) is 0.691. The Bertz CT molecular complexity index is 393. The molecular weight excluding hydrogens is 234 g/mol. The number of nitrogens with one attached hydrogen (secondary N) is 1. The molecule has 5 heteroatoms. The predicted molar refractivity (Wildman–Crippen MR) is 69.3 cm³/mol. The molecule has 0 heterocycles. The van der Waals surface area contributed by atoms with Crippen molar-refractivity contribution >= 4 is 11.7 Å². The number of hydrogen-bond donors (Lipinski definition) is 2. The van der Waals surface area contributed by atoms with Crippen molar-refractivity contribution in [3.8, 4) is 5.75 Å². The van der Waals surface area contributed by atoms with Gasteiger partial charge in [-0.05, 0) is 36.6 Å². The largest absolute Gasteiger partial charge is 0.482 e. The number of hydrogen-bond acceptors (Lipinski definition) is 4. The highest BCUT2D eigenvalue weighted by atomic mass is 16.5. The number of anilines is 1. The molecule has 2 N–H and O–H groups in total. The van der Waals surface area contributed by atoms with E-state index in [4.69, 9.17) is 14.6 Å². The smallest absolute Gasteiger partial charge is 0.341 e. The molecule has 1 aromatic carbocycles. The molecule has 5 nitrogen and oxygen atoms in total. The summed E-state index contributed by atoms with van der Waals surface area (Å²) in [7, 11) is 3.50. The summed E-state index contributed by atoms with van der Waals surface area (Å²) < 4.78 is 10.3. The van der Waals surface area contributed by atoms with Crippen molar-refractivity contribution in [1.82, 2.24) is 0 Å². The van der Waals surface area contributed by atoms with Gasteiger partial charge in [0.25, 0.3) is 0 Å². The maximum absolute atomic E-state index is 10.5. The van der Waals surface area contributed by atoms with Crippen molar-refractivity contribution < 1.29 is 19.4 Å². The minimum atomic E-state index is -0.976. The Morgan fingerprint density at radius 2 is 2.22 bits per heavy atom. The third kappa shape index (κ3) is 4.63. The molecule has 100 valence electrons. The van der Waals surface area contributed by atoms with E-state index in [-0.39, 0.29) is 6.61 Å². The summed E-state index contributed by atoms with van der Waals surface area (Å²) in [5, 5.41) is 11.7. The highest BCUT2D eigenvalue weighted by Gasteiger charge is 2.07. The minimum absolute atomic E-state index is 0.323. The summed E-state index contributed by atoms with van der Waals surface area (Å²) in [5.74, 6) is -0.358. The lowest BCUT2D eigenvalue weighted by molar-refractivity contribution is -0.139. The molecule has 0 aliphatic rings. The van der Waals surface area contributed by atoms with Gasteiger partial charge < -0.3 is 19.9 Å². The van der Waals surface area contributed by atoms with Crippen LogP contribution in [-0.4, -0.2) is 38.4 Å². The Labute approximate surface area is 107 Å². The van der Waals surface area contributed by atoms with Crippen molar-refractivity contribution in [2.75, 3.05) is 32.7 Å². The minimum Gasteiger partial charge on any atom is -0.482 e. The van der Waals surface area contributed by atoms with E-state index >= 15 is 0 Å². The highest BCUT2D eigenvalue weighted by molar-refractivity contribution is 5.68. The average molecular weight is 253 g/mol. The summed E-state index contributed by atoms with van der Waals surface area (Å²) in [6.07, 6.45) is 1.66. The van der Waals surface area contributed by atoms with E-state index in [9.17, 15) is 4.79 Å². The Kier molecular flexibility index (Phi) is 6.00. The van der Waals surface area contributed by atoms with Crippen LogP contribution in [0.1, 0.15) is 12.0 Å². The van der Waals surface area contributed by atoms with Gasteiger partial charge in [0.2, 0.25) is 0 Å². The number of ether oxygens (including phenoxy) is 2. The van der Waals surface area contributed by atoms with Crippen LogP contribution in [0, 0.1) is 0 Å². The topological polar surface area (TPSA) is 67.8 Å². The maximum atomic E-state index is 10.5. The molecule has 0 saturated carbocycles. The number of carboxylic acids is 1. The van der Waals surface area contributed by atoms with Crippen LogP contribution in [0.3, 0.4) is 0 Å². The fraction of sp³-hybridized carbons (Fsp3) is 0.462. The second-order valence-corrected chi connectivity index (χ2v) is 3.85. The molecule has 0 saturated heterocycles. The lowest BCUT2D eigenvalue weighted by Gasteiger charge is -2.12. The van der Waals surface area contributed by atoms with Gasteiger partial charge >= 0.3 is 5.97 Å². The second kappa shape index (κ2) is 7.55. The van der Waals surface area contributed by atoms with E-state index in [1.54, 1.807) is 13.2 Å². The molecule has 0 fully saturated rings. The number of methoxy groups -OCH3 is 1. The van der Waals surface area contributed by atoms with Crippen LogP contribution in [0.15, 0.2) is 18.2 Å². The fourth-order valence-corrected chi connectivity index (χ4v) is 1.62. The molecule has 1 rings (SSSR count). The standard InChI is InChI=1S/C13H19NO4/c1-14-11-5-6-12(18-9-13(15)16)10(8-11)4-3-7-17-2/h5-6,8,14H,3-4,7,9H2,1-2H3,(H,15,16). The first kappa shape index (κ1) is 14.3. The van der Waals surface area contributed by atoms with Crippen molar-refractivity contribution in [1.29, 1.82) is 0 Å². The third-order valence-electron chi connectivity index (χ3n) is 2.49. The summed E-state index contributed by atoms with van der Waals surface area (Å²) in [6, 6.07) is 5.61. The van der Waals surface area contributed by atoms with Gasteiger partial charge in [0.1, 0.15) is 5.75 Å². The summed E-state index contributed by atoms with van der Waals surface area (Å²) in [6.45, 7) is 0.346. The molecule has 0 bridgehead atoms. The molecule has 0 amide bonds. The van der Waals surface area contributed by atoms with Crippen molar-refractivity contribution in [2.24, 2.45) is 0 Å². The Morgan fingerprint density at radius 3 is 2.83 bits per heavy atom. The number of carbonyl (C=O) groups is 1. The van der Waals surface area contributed by atoms with Crippen molar-refractivity contribution in [3.05, 3.63) is 23.8 Å². The predicted octanol–water partition coefficient (Wildman–Crippen LogP) is 1.77. The molecule has 0 spiro atoms. The van der Waals surface area contributed by atoms with Gasteiger partial charge in [-0.15, -0.1) is 0 Å². The van der Waals surface area contributed by atoms with E-state index in [1.807, 2.05) is 19.2 Å². The number of aliphatic carboxylic acids is 1. The molecule has 0 aromatic heterocycles. The van der Waals surface area contributed by atoms with Gasteiger partial charge in [0.15, 0.2) is 6.61 Å². The number of carboxylic acid groups (broad SMARTS) is 1. The van der Waals surface area contributed by atoms with E-state index < -0.39 is 5.97 Å². The summed E-state index contributed by atoms with van der Waals surface area (Å²) in [4.78, 5) is 10.5. The summed E-state index contributed by atoms with van der Waals surface area (Å²) >= 11 is 0. The third-order valence-corrected chi connectivity index (χ3v) is 2.49. The second-order valence-electron chi connectivity index (χ2n) is 3.85. The van der Waals surface area contributed by atoms with Crippen LogP contribution >= 0.6 is 0 Å². The first-order chi connectivity index (χ1) is 8.67. The van der Waals surface area contributed by atoms with Crippen LogP contribution in [0.2, 0.25) is 0 Å². The van der Waals surface area contributed by atoms with E-state index in [2.05, 4.69) is 5.32 Å². The Balaban J connectivity index is 2.75. The van der Waals surface area contributed by atoms with Gasteiger partial charge in [0, 0.05) is 26.5 Å². The molecule has 0 radical (unpaired) electrons. The molecule has 0 unspecified atom stereocenters. The van der Waals surface area contributed by atoms with Crippen LogP contribution in [-0.2, 0) is 16.0 Å². The van der Waals surface area contributed by atoms with E-state index in [0.29, 0.717) is 12.4 Å². The normalized spacial score (nSPS) is 10.1. The molecule has 18 heavy (non-hydrogen) atoms. The zero-order chi connectivity index (χ0) is 13.4. The zero-order valence-electron chi connectivity index (χ0n) is 10.7. The van der Waals surface area contributed by atoms with Gasteiger partial charge in [-0.3, -0.25) is 0 Å². The first-order valence-corrected chi connectivity index (χ1v) is 5.81.